The maximum atomic E-state index is 13.4. The lowest BCUT2D eigenvalue weighted by Crippen LogP contribution is -2.03. The predicted molar refractivity (Wildman–Crippen MR) is 175 cm³/mol. The van der Waals surface area contributed by atoms with Gasteiger partial charge in [-0.15, -0.1) is 0 Å². The second kappa shape index (κ2) is 11.2. The minimum Gasteiger partial charge on any atom is -0.492 e. The molecule has 0 amide bonds. The molecule has 2 aliphatic heterocycles. The highest BCUT2D eigenvalue weighted by molar-refractivity contribution is 6.12. The molecule has 0 saturated carbocycles. The van der Waals surface area contributed by atoms with Gasteiger partial charge in [-0.25, -0.2) is 14.8 Å². The molecular weight excluding hydrogens is 568 g/mol. The molecular formula is C36H28N4O5. The number of nitrogens with one attached hydrogen (secondary N) is 1. The summed E-state index contributed by atoms with van der Waals surface area (Å²) in [4.78, 5) is 26.6. The highest BCUT2D eigenvalue weighted by Crippen LogP contribution is 2.44. The molecule has 5 aromatic rings. The van der Waals surface area contributed by atoms with Crippen LogP contribution in [0.15, 0.2) is 91.0 Å². The lowest BCUT2D eigenvalue weighted by Gasteiger charge is -2.12. The third-order valence-corrected chi connectivity index (χ3v) is 7.72. The summed E-state index contributed by atoms with van der Waals surface area (Å²) in [5, 5.41) is 11.0. The average Bonchev–Trinajstić information content (AvgIpc) is 3.84. The minimum atomic E-state index is -1.13. The molecule has 9 heteroatoms. The van der Waals surface area contributed by atoms with Gasteiger partial charge >= 0.3 is 5.97 Å². The Morgan fingerprint density at radius 1 is 0.756 bits per heavy atom. The monoisotopic (exact) mass is 596 g/mol. The molecule has 0 unspecified atom stereocenters. The molecule has 9 nitrogen and oxygen atoms in total. The van der Waals surface area contributed by atoms with Crippen molar-refractivity contribution in [1.82, 2.24) is 19.5 Å². The second-order valence-corrected chi connectivity index (χ2v) is 10.4. The van der Waals surface area contributed by atoms with Crippen LogP contribution in [-0.2, 0) is 9.47 Å². The molecule has 45 heavy (non-hydrogen) atoms. The topological polar surface area (TPSA) is 111 Å². The Morgan fingerprint density at radius 2 is 1.40 bits per heavy atom. The Labute approximate surface area is 258 Å². The first kappa shape index (κ1) is 27.7. The number of rotatable bonds is 6. The van der Waals surface area contributed by atoms with E-state index in [0.717, 1.165) is 28.0 Å². The molecule has 0 aliphatic carbocycles. The number of methoxy groups -OCH3 is 3. The summed E-state index contributed by atoms with van der Waals surface area (Å²) < 4.78 is 19.7. The van der Waals surface area contributed by atoms with Gasteiger partial charge in [0.2, 0.25) is 0 Å². The molecule has 7 rings (SSSR count). The van der Waals surface area contributed by atoms with E-state index in [2.05, 4.69) is 4.98 Å². The summed E-state index contributed by atoms with van der Waals surface area (Å²) in [5.74, 6) is -0.230. The Bertz CT molecular complexity index is 2200. The number of para-hydroxylation sites is 1. The third kappa shape index (κ3) is 4.71. The first-order valence-electron chi connectivity index (χ1n) is 14.2. The number of carbonyl (C=O) groups is 1. The van der Waals surface area contributed by atoms with Crippen molar-refractivity contribution in [2.75, 3.05) is 21.3 Å². The summed E-state index contributed by atoms with van der Waals surface area (Å²) in [5.41, 5.74) is 6.71. The van der Waals surface area contributed by atoms with Crippen LogP contribution in [-0.4, -0.2) is 51.9 Å². The molecule has 2 N–H and O–H groups in total. The van der Waals surface area contributed by atoms with Crippen molar-refractivity contribution in [2.24, 2.45) is 0 Å². The zero-order chi connectivity index (χ0) is 31.1. The van der Waals surface area contributed by atoms with Gasteiger partial charge in [-0.3, -0.25) is 0 Å². The van der Waals surface area contributed by atoms with Crippen LogP contribution in [0, 0.1) is 0 Å². The van der Waals surface area contributed by atoms with Crippen LogP contribution < -0.4 is 4.74 Å². The van der Waals surface area contributed by atoms with Gasteiger partial charge in [0, 0.05) is 22.3 Å². The molecule has 222 valence electrons. The van der Waals surface area contributed by atoms with Gasteiger partial charge in [0.1, 0.15) is 11.2 Å². The standard InChI is InChI=1S/C36H28N4O5/c1-43-33-27-19-24-16-14-22(37-24)18-23-15-17-25(38-23)20-28-29(21-10-6-4-7-11-21)30(36(41)42)32(40(28)26-12-8-5-9-13-26)34(44-2)31(39-27)35(33)45-3/h4-20,37H,1-3H3,(H,41,42). The van der Waals surface area contributed by atoms with Crippen molar-refractivity contribution in [3.05, 3.63) is 119 Å². The Hall–Kier alpha value is -6.09. The van der Waals surface area contributed by atoms with Crippen LogP contribution in [0.25, 0.3) is 62.6 Å². The first-order valence-corrected chi connectivity index (χ1v) is 14.2. The molecule has 5 heterocycles. The summed E-state index contributed by atoms with van der Waals surface area (Å²) >= 11 is 0. The van der Waals surface area contributed by atoms with Crippen LogP contribution in [0.1, 0.15) is 33.1 Å². The molecule has 8 bridgehead atoms. The van der Waals surface area contributed by atoms with Gasteiger partial charge in [-0.1, -0.05) is 48.5 Å². The maximum Gasteiger partial charge on any atom is 0.338 e. The smallest absolute Gasteiger partial charge is 0.338 e. The largest absolute Gasteiger partial charge is 0.492 e. The number of nitrogens with zero attached hydrogens (tertiary/aromatic N) is 3. The zero-order valence-corrected chi connectivity index (χ0v) is 24.7. The molecule has 0 fully saturated rings. The van der Waals surface area contributed by atoms with Crippen LogP contribution in [0.3, 0.4) is 0 Å². The maximum absolute atomic E-state index is 13.4. The lowest BCUT2D eigenvalue weighted by molar-refractivity contribution is 0.0699. The second-order valence-electron chi connectivity index (χ2n) is 10.4. The van der Waals surface area contributed by atoms with E-state index < -0.39 is 5.97 Å². The number of benzene rings is 2. The van der Waals surface area contributed by atoms with E-state index in [4.69, 9.17) is 24.2 Å². The van der Waals surface area contributed by atoms with Crippen LogP contribution in [0.5, 0.6) is 5.75 Å². The van der Waals surface area contributed by atoms with E-state index >= 15 is 0 Å². The van der Waals surface area contributed by atoms with E-state index in [1.54, 1.807) is 0 Å². The number of hydrogen-bond donors (Lipinski definition) is 2. The van der Waals surface area contributed by atoms with Crippen molar-refractivity contribution in [3.63, 3.8) is 0 Å². The lowest BCUT2D eigenvalue weighted by atomic mass is 10.0. The molecule has 0 atom stereocenters. The van der Waals surface area contributed by atoms with E-state index in [-0.39, 0.29) is 11.3 Å². The number of carboxylic acids is 1. The van der Waals surface area contributed by atoms with Crippen molar-refractivity contribution < 1.29 is 24.1 Å². The number of fused-ring (bicyclic) bond motifs is 8. The average molecular weight is 597 g/mol. The fraction of sp³-hybridized carbons (Fsp3) is 0.0833. The van der Waals surface area contributed by atoms with E-state index in [1.165, 1.54) is 21.3 Å². The SMILES string of the molecule is COC1=C(OC)c2nc1cc1ccc(cc3nc(cc4c(-c5ccccc5)c(C(=O)O)c(c2OC)n4-c2ccccc2)C=C3)[nH]1. The summed E-state index contributed by atoms with van der Waals surface area (Å²) in [7, 11) is 4.55. The van der Waals surface area contributed by atoms with Crippen LogP contribution >= 0.6 is 0 Å². The van der Waals surface area contributed by atoms with Crippen molar-refractivity contribution in [2.45, 2.75) is 0 Å². The van der Waals surface area contributed by atoms with E-state index in [1.807, 2.05) is 108 Å². The molecule has 0 radical (unpaired) electrons. The Balaban J connectivity index is 1.81. The zero-order valence-electron chi connectivity index (χ0n) is 24.7. The van der Waals surface area contributed by atoms with Gasteiger partial charge in [0.05, 0.1) is 43.8 Å². The molecule has 0 spiro atoms. The van der Waals surface area contributed by atoms with Crippen LogP contribution in [0.2, 0.25) is 0 Å². The van der Waals surface area contributed by atoms with Gasteiger partial charge < -0.3 is 28.9 Å². The number of aromatic amines is 1. The molecule has 0 saturated heterocycles. The highest BCUT2D eigenvalue weighted by Gasteiger charge is 2.32. The van der Waals surface area contributed by atoms with Crippen LogP contribution in [0.4, 0.5) is 0 Å². The number of carboxylic acid groups (broad SMARTS) is 1. The number of aromatic carboxylic acids is 1. The summed E-state index contributed by atoms with van der Waals surface area (Å²) in [6.07, 6.45) is 3.84. The van der Waals surface area contributed by atoms with Crippen molar-refractivity contribution >= 4 is 51.7 Å². The highest BCUT2D eigenvalue weighted by atomic mass is 16.5. The molecule has 2 aromatic carbocycles. The van der Waals surface area contributed by atoms with Crippen molar-refractivity contribution in [3.8, 4) is 22.6 Å². The Kier molecular flexibility index (Phi) is 6.90. The summed E-state index contributed by atoms with van der Waals surface area (Å²) in [6.45, 7) is 0. The Morgan fingerprint density at radius 3 is 2.04 bits per heavy atom. The number of aromatic nitrogens is 4. The predicted octanol–water partition coefficient (Wildman–Crippen LogP) is 7.44. The quantitative estimate of drug-likeness (QED) is 0.206. The first-order chi connectivity index (χ1) is 22.0. The van der Waals surface area contributed by atoms with Gasteiger partial charge in [-0.2, -0.15) is 0 Å². The van der Waals surface area contributed by atoms with E-state index in [9.17, 15) is 9.90 Å². The number of hydrogen-bond acceptors (Lipinski definition) is 6. The number of H-pyrrole nitrogens is 1. The normalized spacial score (nSPS) is 12.3. The fourth-order valence-corrected chi connectivity index (χ4v) is 5.88. The van der Waals surface area contributed by atoms with Crippen molar-refractivity contribution in [1.29, 1.82) is 0 Å². The van der Waals surface area contributed by atoms with Gasteiger partial charge in [0.15, 0.2) is 23.0 Å². The van der Waals surface area contributed by atoms with Gasteiger partial charge in [0.25, 0.3) is 0 Å². The number of ether oxygens (including phenoxy) is 3. The molecule has 2 aliphatic rings. The van der Waals surface area contributed by atoms with E-state index in [0.29, 0.717) is 45.2 Å². The minimum absolute atomic E-state index is 0.0407. The molecule has 3 aromatic heterocycles. The third-order valence-electron chi connectivity index (χ3n) is 7.72. The van der Waals surface area contributed by atoms with Gasteiger partial charge in [-0.05, 0) is 60.2 Å². The fourth-order valence-electron chi connectivity index (χ4n) is 5.88. The summed E-state index contributed by atoms with van der Waals surface area (Å²) in [6, 6.07) is 28.6.